The second kappa shape index (κ2) is 8.54. The number of rotatable bonds is 6. The number of halogens is 1. The van der Waals surface area contributed by atoms with Crippen molar-refractivity contribution in [1.29, 1.82) is 5.41 Å². The molecule has 0 radical (unpaired) electrons. The van der Waals surface area contributed by atoms with E-state index in [1.165, 1.54) is 0 Å². The van der Waals surface area contributed by atoms with Crippen molar-refractivity contribution in [2.45, 2.75) is 40.2 Å². The number of hydrogen-bond donors (Lipinski definition) is 1. The summed E-state index contributed by atoms with van der Waals surface area (Å²) >= 11 is 6.14. The molecule has 0 aliphatic carbocycles. The van der Waals surface area contributed by atoms with Crippen molar-refractivity contribution in [2.75, 3.05) is 6.61 Å². The Hall–Kier alpha value is -1.88. The molecule has 0 aromatic heterocycles. The lowest BCUT2D eigenvalue weighted by Gasteiger charge is -2.12. The monoisotopic (exact) mass is 324 g/mol. The van der Waals surface area contributed by atoms with Gasteiger partial charge in [-0.2, -0.15) is 0 Å². The predicted octanol–water partition coefficient (Wildman–Crippen LogP) is 3.87. The van der Waals surface area contributed by atoms with Gasteiger partial charge in [-0.25, -0.2) is 9.79 Å². The Balaban J connectivity index is 2.98. The average Bonchev–Trinajstić information content (AvgIpc) is 2.46. The molecule has 0 bridgehead atoms. The van der Waals surface area contributed by atoms with Crippen LogP contribution in [0.15, 0.2) is 23.2 Å². The topological polar surface area (TPSA) is 71.7 Å². The lowest BCUT2D eigenvalue weighted by Crippen LogP contribution is -2.18. The summed E-state index contributed by atoms with van der Waals surface area (Å²) in [6.07, 6.45) is 0.403. The summed E-state index contributed by atoms with van der Waals surface area (Å²) in [5, 5.41) is 8.41. The first-order chi connectivity index (χ1) is 10.4. The molecule has 5 nitrogen and oxygen atoms in total. The fraction of sp³-hybridized carbons (Fsp3) is 0.438. The molecule has 1 N–H and O–H groups in total. The summed E-state index contributed by atoms with van der Waals surface area (Å²) in [4.78, 5) is 15.7. The highest BCUT2D eigenvalue weighted by molar-refractivity contribution is 6.38. The Labute approximate surface area is 135 Å². The smallest absolute Gasteiger partial charge is 0.352 e. The molecule has 22 heavy (non-hydrogen) atoms. The first-order valence-corrected chi connectivity index (χ1v) is 7.56. The number of nitrogens with one attached hydrogen (secondary N) is 1. The van der Waals surface area contributed by atoms with Crippen LogP contribution in [-0.4, -0.2) is 30.2 Å². The zero-order valence-corrected chi connectivity index (χ0v) is 14.0. The van der Waals surface area contributed by atoms with Crippen LogP contribution in [0, 0.1) is 5.41 Å². The number of amidine groups is 1. The third-order valence-corrected chi connectivity index (χ3v) is 2.96. The molecule has 120 valence electrons. The highest BCUT2D eigenvalue weighted by Crippen LogP contribution is 2.26. The van der Waals surface area contributed by atoms with Crippen LogP contribution in [-0.2, 0) is 9.53 Å². The van der Waals surface area contributed by atoms with E-state index in [0.717, 1.165) is 0 Å². The summed E-state index contributed by atoms with van der Waals surface area (Å²) in [5.74, 6) is 0.0156. The van der Waals surface area contributed by atoms with Gasteiger partial charge in [-0.05, 0) is 45.4 Å². The summed E-state index contributed by atoms with van der Waals surface area (Å²) in [7, 11) is 0. The van der Waals surface area contributed by atoms with Crippen LogP contribution in [0.1, 0.15) is 39.7 Å². The first kappa shape index (κ1) is 18.2. The van der Waals surface area contributed by atoms with Crippen molar-refractivity contribution < 1.29 is 14.3 Å². The Kier molecular flexibility index (Phi) is 7.05. The molecule has 0 aliphatic heterocycles. The van der Waals surface area contributed by atoms with E-state index < -0.39 is 5.97 Å². The number of carbonyl (C=O) groups excluding carboxylic acids is 1. The molecule has 6 heteroatoms. The minimum atomic E-state index is -0.499. The van der Waals surface area contributed by atoms with Crippen molar-refractivity contribution in [3.8, 4) is 5.75 Å². The van der Waals surface area contributed by atoms with E-state index in [1.54, 1.807) is 32.0 Å². The van der Waals surface area contributed by atoms with Gasteiger partial charge < -0.3 is 9.47 Å². The second-order valence-corrected chi connectivity index (χ2v) is 5.20. The molecule has 0 aliphatic rings. The number of ether oxygens (including phenoxy) is 2. The maximum Gasteiger partial charge on any atom is 0.352 e. The van der Waals surface area contributed by atoms with Gasteiger partial charge in [0.15, 0.2) is 5.84 Å². The molecule has 0 atom stereocenters. The molecule has 0 heterocycles. The normalized spacial score (nSPS) is 11.5. The molecule has 1 aromatic rings. The number of aliphatic imine (C=N–C) groups is 1. The number of nitrogens with zero attached hydrogens (tertiary/aromatic N) is 1. The molecule has 0 spiro atoms. The predicted molar refractivity (Wildman–Crippen MR) is 88.4 cm³/mol. The van der Waals surface area contributed by atoms with E-state index >= 15 is 0 Å². The number of esters is 1. The van der Waals surface area contributed by atoms with E-state index in [-0.39, 0.29) is 24.3 Å². The number of hydrogen-bond acceptors (Lipinski definition) is 4. The van der Waals surface area contributed by atoms with Gasteiger partial charge in [0.2, 0.25) is 0 Å². The number of benzene rings is 1. The Morgan fingerprint density at radius 3 is 2.55 bits per heavy atom. The maximum atomic E-state index is 11.7. The van der Waals surface area contributed by atoms with Crippen LogP contribution in [0.3, 0.4) is 0 Å². The summed E-state index contributed by atoms with van der Waals surface area (Å²) in [5.41, 5.74) is 0.724. The van der Waals surface area contributed by atoms with Crippen molar-refractivity contribution >= 4 is 29.1 Å². The van der Waals surface area contributed by atoms with Crippen molar-refractivity contribution in [3.63, 3.8) is 0 Å². The summed E-state index contributed by atoms with van der Waals surface area (Å²) < 4.78 is 10.4. The number of carbonyl (C=O) groups is 1. The molecule has 0 unspecified atom stereocenters. The lowest BCUT2D eigenvalue weighted by atomic mass is 10.2. The summed E-state index contributed by atoms with van der Waals surface area (Å²) in [6.45, 7) is 7.60. The van der Waals surface area contributed by atoms with Crippen LogP contribution in [0.5, 0.6) is 5.75 Å². The van der Waals surface area contributed by atoms with Crippen LogP contribution in [0.2, 0.25) is 5.02 Å². The van der Waals surface area contributed by atoms with E-state index in [4.69, 9.17) is 26.5 Å². The van der Waals surface area contributed by atoms with Gasteiger partial charge in [-0.1, -0.05) is 18.5 Å². The fourth-order valence-electron chi connectivity index (χ4n) is 1.68. The molecule has 1 aromatic carbocycles. The third kappa shape index (κ3) is 5.15. The summed E-state index contributed by atoms with van der Waals surface area (Å²) in [6, 6.07) is 4.98. The molecular weight excluding hydrogens is 304 g/mol. The van der Waals surface area contributed by atoms with Crippen LogP contribution in [0.4, 0.5) is 0 Å². The van der Waals surface area contributed by atoms with Crippen LogP contribution < -0.4 is 4.74 Å². The molecular formula is C16H21ClN2O3. The van der Waals surface area contributed by atoms with Crippen LogP contribution in [0.25, 0.3) is 0 Å². The molecule has 0 saturated heterocycles. The van der Waals surface area contributed by atoms with E-state index in [9.17, 15) is 4.79 Å². The van der Waals surface area contributed by atoms with Gasteiger partial charge in [-0.15, -0.1) is 0 Å². The Morgan fingerprint density at radius 1 is 1.36 bits per heavy atom. The fourth-order valence-corrected chi connectivity index (χ4v) is 1.91. The van der Waals surface area contributed by atoms with E-state index in [2.05, 4.69) is 4.99 Å². The Morgan fingerprint density at radius 2 is 2.05 bits per heavy atom. The standard InChI is InChI=1S/C16H21ClN2O3/c1-5-13(16(20)21-6-2)19-15(18)11-7-8-14(12(17)9-11)22-10(3)4/h7-10,18H,5-6H2,1-4H3. The minimum Gasteiger partial charge on any atom is -0.489 e. The zero-order valence-electron chi connectivity index (χ0n) is 13.3. The van der Waals surface area contributed by atoms with Gasteiger partial charge in [-0.3, -0.25) is 5.41 Å². The van der Waals surface area contributed by atoms with Crippen LogP contribution >= 0.6 is 11.6 Å². The van der Waals surface area contributed by atoms with Crippen molar-refractivity contribution in [2.24, 2.45) is 4.99 Å². The van der Waals surface area contributed by atoms with Gasteiger partial charge in [0.1, 0.15) is 11.5 Å². The largest absolute Gasteiger partial charge is 0.489 e. The molecule has 0 fully saturated rings. The quantitative estimate of drug-likeness (QED) is 0.490. The van der Waals surface area contributed by atoms with Crippen molar-refractivity contribution in [3.05, 3.63) is 28.8 Å². The minimum absolute atomic E-state index is 0.0105. The SMILES string of the molecule is CCOC(=O)C(CC)=NC(=N)c1ccc(OC(C)C)c(Cl)c1. The van der Waals surface area contributed by atoms with Crippen molar-refractivity contribution in [1.82, 2.24) is 0 Å². The maximum absolute atomic E-state index is 11.7. The first-order valence-electron chi connectivity index (χ1n) is 7.18. The molecule has 0 amide bonds. The third-order valence-electron chi connectivity index (χ3n) is 2.66. The van der Waals surface area contributed by atoms with Gasteiger partial charge >= 0.3 is 5.97 Å². The van der Waals surface area contributed by atoms with E-state index in [1.807, 2.05) is 13.8 Å². The van der Waals surface area contributed by atoms with Gasteiger partial charge in [0.05, 0.1) is 17.7 Å². The van der Waals surface area contributed by atoms with Gasteiger partial charge in [0, 0.05) is 5.56 Å². The second-order valence-electron chi connectivity index (χ2n) is 4.79. The molecule has 1 rings (SSSR count). The molecule has 0 saturated carbocycles. The van der Waals surface area contributed by atoms with Gasteiger partial charge in [0.25, 0.3) is 0 Å². The highest BCUT2D eigenvalue weighted by atomic mass is 35.5. The van der Waals surface area contributed by atoms with E-state index in [0.29, 0.717) is 22.8 Å². The average molecular weight is 325 g/mol. The highest BCUT2D eigenvalue weighted by Gasteiger charge is 2.13. The zero-order chi connectivity index (χ0) is 16.7. The Bertz CT molecular complexity index is 583. The lowest BCUT2D eigenvalue weighted by molar-refractivity contribution is -0.135.